The van der Waals surface area contributed by atoms with Crippen LogP contribution in [0.4, 0.5) is 5.82 Å². The Balaban J connectivity index is 1.79. The predicted octanol–water partition coefficient (Wildman–Crippen LogP) is 1.65. The van der Waals surface area contributed by atoms with Gasteiger partial charge >= 0.3 is 0 Å². The molecule has 6 nitrogen and oxygen atoms in total. The van der Waals surface area contributed by atoms with E-state index in [2.05, 4.69) is 14.9 Å². The Bertz CT molecular complexity index is 895. The van der Waals surface area contributed by atoms with Crippen molar-refractivity contribution >= 4 is 33.9 Å². The summed E-state index contributed by atoms with van der Waals surface area (Å²) < 4.78 is 5.97. The molecule has 0 radical (unpaired) electrons. The highest BCUT2D eigenvalue weighted by atomic mass is 16.4. The number of hydrogen-bond acceptors (Lipinski definition) is 6. The van der Waals surface area contributed by atoms with Crippen molar-refractivity contribution in [3.05, 3.63) is 30.1 Å². The van der Waals surface area contributed by atoms with Crippen LogP contribution in [0.1, 0.15) is 18.7 Å². The molecule has 0 amide bonds. The molecule has 3 aromatic rings. The Morgan fingerprint density at radius 1 is 1.26 bits per heavy atom. The molecule has 0 aliphatic carbocycles. The number of carbonyl (C=O) groups excluding carboxylic acids is 1. The average Bonchev–Trinajstić information content (AvgIpc) is 2.93. The molecule has 1 fully saturated rings. The lowest BCUT2D eigenvalue weighted by molar-refractivity contribution is -0.312. The third-order valence-corrected chi connectivity index (χ3v) is 4.44. The van der Waals surface area contributed by atoms with Crippen LogP contribution in [-0.4, -0.2) is 29.0 Å². The SMILES string of the molecule is Cc1nc(N2CCC(C(=O)[O-])CC2)c2oc3ccccc3c2n1. The minimum Gasteiger partial charge on any atom is -0.550 e. The molecule has 6 heteroatoms. The number of aromatic nitrogens is 2. The summed E-state index contributed by atoms with van der Waals surface area (Å²) in [6.07, 6.45) is 1.13. The van der Waals surface area contributed by atoms with Crippen LogP contribution >= 0.6 is 0 Å². The largest absolute Gasteiger partial charge is 0.550 e. The highest BCUT2D eigenvalue weighted by molar-refractivity contribution is 6.05. The molecule has 23 heavy (non-hydrogen) atoms. The number of carbonyl (C=O) groups is 1. The van der Waals surface area contributed by atoms with Gasteiger partial charge in [-0.1, -0.05) is 12.1 Å². The van der Waals surface area contributed by atoms with E-state index < -0.39 is 5.97 Å². The van der Waals surface area contributed by atoms with Gasteiger partial charge < -0.3 is 19.2 Å². The predicted molar refractivity (Wildman–Crippen MR) is 84.0 cm³/mol. The molecule has 0 bridgehead atoms. The quantitative estimate of drug-likeness (QED) is 0.716. The Morgan fingerprint density at radius 2 is 2.00 bits per heavy atom. The molecule has 0 atom stereocenters. The zero-order valence-electron chi connectivity index (χ0n) is 12.8. The number of aryl methyl sites for hydroxylation is 1. The van der Waals surface area contributed by atoms with E-state index in [9.17, 15) is 9.90 Å². The van der Waals surface area contributed by atoms with E-state index in [0.717, 1.165) is 22.3 Å². The number of para-hydroxylation sites is 1. The number of aliphatic carboxylic acids is 1. The van der Waals surface area contributed by atoms with Gasteiger partial charge in [-0.2, -0.15) is 0 Å². The first-order valence-corrected chi connectivity index (χ1v) is 7.75. The van der Waals surface area contributed by atoms with Crippen LogP contribution in [0.15, 0.2) is 28.7 Å². The molecular formula is C17H16N3O3-. The first-order chi connectivity index (χ1) is 11.1. The van der Waals surface area contributed by atoms with Crippen molar-refractivity contribution in [1.82, 2.24) is 9.97 Å². The Labute approximate surface area is 132 Å². The van der Waals surface area contributed by atoms with Crippen molar-refractivity contribution in [2.75, 3.05) is 18.0 Å². The molecule has 1 aliphatic heterocycles. The molecule has 0 unspecified atom stereocenters. The van der Waals surface area contributed by atoms with Crippen molar-refractivity contribution in [1.29, 1.82) is 0 Å². The number of piperidine rings is 1. The Kier molecular flexibility index (Phi) is 3.18. The maximum atomic E-state index is 11.0. The van der Waals surface area contributed by atoms with E-state index >= 15 is 0 Å². The van der Waals surface area contributed by atoms with Gasteiger partial charge in [0.05, 0.1) is 0 Å². The van der Waals surface area contributed by atoms with Gasteiger partial charge in [0.1, 0.15) is 16.9 Å². The first kappa shape index (κ1) is 14.0. The summed E-state index contributed by atoms with van der Waals surface area (Å²) in [5, 5.41) is 12.0. The van der Waals surface area contributed by atoms with Crippen molar-refractivity contribution < 1.29 is 14.3 Å². The minimum absolute atomic E-state index is 0.375. The molecule has 3 heterocycles. The first-order valence-electron chi connectivity index (χ1n) is 7.75. The molecule has 118 valence electrons. The van der Waals surface area contributed by atoms with Gasteiger partial charge in [0.25, 0.3) is 0 Å². The highest BCUT2D eigenvalue weighted by Gasteiger charge is 2.24. The summed E-state index contributed by atoms with van der Waals surface area (Å²) in [6, 6.07) is 7.79. The number of anilines is 1. The zero-order chi connectivity index (χ0) is 16.0. The molecule has 2 aromatic heterocycles. The normalized spacial score (nSPS) is 16.3. The fraction of sp³-hybridized carbons (Fsp3) is 0.353. The van der Waals surface area contributed by atoms with Gasteiger partial charge in [0, 0.05) is 30.4 Å². The fourth-order valence-electron chi connectivity index (χ4n) is 3.23. The maximum absolute atomic E-state index is 11.0. The lowest BCUT2D eigenvalue weighted by atomic mass is 9.97. The van der Waals surface area contributed by atoms with Gasteiger partial charge in [0.15, 0.2) is 11.4 Å². The molecule has 0 saturated carbocycles. The summed E-state index contributed by atoms with van der Waals surface area (Å²) in [4.78, 5) is 22.2. The van der Waals surface area contributed by atoms with E-state index in [1.807, 2.05) is 31.2 Å². The van der Waals surface area contributed by atoms with Crippen LogP contribution in [0.3, 0.4) is 0 Å². The second-order valence-electron chi connectivity index (χ2n) is 5.95. The molecule has 1 aliphatic rings. The van der Waals surface area contributed by atoms with E-state index in [1.165, 1.54) is 0 Å². The summed E-state index contributed by atoms with van der Waals surface area (Å²) in [5.74, 6) is 0.0966. The summed E-state index contributed by atoms with van der Waals surface area (Å²) >= 11 is 0. The highest BCUT2D eigenvalue weighted by Crippen LogP contribution is 2.34. The van der Waals surface area contributed by atoms with Crippen LogP contribution < -0.4 is 10.0 Å². The van der Waals surface area contributed by atoms with Crippen LogP contribution in [0.25, 0.3) is 22.1 Å². The van der Waals surface area contributed by atoms with Crippen molar-refractivity contribution in [2.24, 2.45) is 5.92 Å². The van der Waals surface area contributed by atoms with E-state index in [1.54, 1.807) is 0 Å². The topological polar surface area (TPSA) is 82.3 Å². The zero-order valence-corrected chi connectivity index (χ0v) is 12.8. The fourth-order valence-corrected chi connectivity index (χ4v) is 3.23. The third kappa shape index (κ3) is 2.30. The summed E-state index contributed by atoms with van der Waals surface area (Å²) in [6.45, 7) is 3.11. The second kappa shape index (κ2) is 5.22. The standard InChI is InChI=1S/C17H17N3O3/c1-10-18-14-12-4-2-3-5-13(12)23-15(14)16(19-10)20-8-6-11(7-9-20)17(21)22/h2-5,11H,6-9H2,1H3,(H,21,22)/p-1. The number of hydrogen-bond donors (Lipinski definition) is 0. The Morgan fingerprint density at radius 3 is 2.74 bits per heavy atom. The van der Waals surface area contributed by atoms with Crippen LogP contribution in [-0.2, 0) is 4.79 Å². The third-order valence-electron chi connectivity index (χ3n) is 4.44. The van der Waals surface area contributed by atoms with Gasteiger partial charge in [-0.15, -0.1) is 0 Å². The van der Waals surface area contributed by atoms with Crippen molar-refractivity contribution in [3.8, 4) is 0 Å². The van der Waals surface area contributed by atoms with Crippen LogP contribution in [0.2, 0.25) is 0 Å². The number of carboxylic acids is 1. The van der Waals surface area contributed by atoms with Gasteiger partial charge in [-0.05, 0) is 31.9 Å². The van der Waals surface area contributed by atoms with Gasteiger partial charge in [0.2, 0.25) is 0 Å². The molecule has 0 spiro atoms. The Hall–Kier alpha value is -2.63. The maximum Gasteiger partial charge on any atom is 0.196 e. The lowest BCUT2D eigenvalue weighted by Gasteiger charge is -2.33. The molecule has 1 saturated heterocycles. The average molecular weight is 310 g/mol. The molecule has 0 N–H and O–H groups in total. The van der Waals surface area contributed by atoms with E-state index in [0.29, 0.717) is 37.3 Å². The minimum atomic E-state index is -0.961. The molecule has 4 rings (SSSR count). The summed E-state index contributed by atoms with van der Waals surface area (Å²) in [5.41, 5.74) is 2.27. The number of furan rings is 1. The molecular weight excluding hydrogens is 294 g/mol. The van der Waals surface area contributed by atoms with Crippen molar-refractivity contribution in [2.45, 2.75) is 19.8 Å². The van der Waals surface area contributed by atoms with Crippen molar-refractivity contribution in [3.63, 3.8) is 0 Å². The number of benzene rings is 1. The number of nitrogens with zero attached hydrogens (tertiary/aromatic N) is 3. The van der Waals surface area contributed by atoms with Crippen LogP contribution in [0.5, 0.6) is 0 Å². The van der Waals surface area contributed by atoms with E-state index in [-0.39, 0.29) is 5.92 Å². The monoisotopic (exact) mass is 310 g/mol. The summed E-state index contributed by atoms with van der Waals surface area (Å²) in [7, 11) is 0. The van der Waals surface area contributed by atoms with Gasteiger partial charge in [-0.25, -0.2) is 9.97 Å². The molecule has 1 aromatic carbocycles. The van der Waals surface area contributed by atoms with Gasteiger partial charge in [-0.3, -0.25) is 0 Å². The van der Waals surface area contributed by atoms with E-state index in [4.69, 9.17) is 4.42 Å². The smallest absolute Gasteiger partial charge is 0.196 e. The van der Waals surface area contributed by atoms with Crippen LogP contribution in [0, 0.1) is 12.8 Å². The number of fused-ring (bicyclic) bond motifs is 3. The number of rotatable bonds is 2. The second-order valence-corrected chi connectivity index (χ2v) is 5.95. The lowest BCUT2D eigenvalue weighted by Crippen LogP contribution is -2.41. The number of carboxylic acid groups (broad SMARTS) is 1.